The summed E-state index contributed by atoms with van der Waals surface area (Å²) in [5.74, 6) is 0.735. The van der Waals surface area contributed by atoms with Crippen molar-refractivity contribution in [1.29, 1.82) is 0 Å². The maximum absolute atomic E-state index is 12.7. The summed E-state index contributed by atoms with van der Waals surface area (Å²) in [4.78, 5) is 24.7. The third-order valence-electron chi connectivity index (χ3n) is 8.03. The number of amides is 1. The lowest BCUT2D eigenvalue weighted by atomic mass is 9.95. The van der Waals surface area contributed by atoms with Gasteiger partial charge in [-0.05, 0) is 62.5 Å². The number of carbonyl (C=O) groups is 1. The van der Waals surface area contributed by atoms with Gasteiger partial charge in [-0.2, -0.15) is 0 Å². The third kappa shape index (κ3) is 6.52. The normalized spacial score (nSPS) is 21.0. The zero-order valence-corrected chi connectivity index (χ0v) is 22.5. The lowest BCUT2D eigenvalue weighted by Crippen LogP contribution is -2.53. The number of pyridine rings is 1. The molecule has 36 heavy (non-hydrogen) atoms. The Balaban J connectivity index is 1.08. The van der Waals surface area contributed by atoms with Gasteiger partial charge in [-0.1, -0.05) is 54.6 Å². The van der Waals surface area contributed by atoms with Gasteiger partial charge in [0, 0.05) is 56.0 Å². The SMILES string of the molecule is O=C(NC1CCCCC1)c1cnc(N2CCN(C3CCN(Cc4ccc(Cl)cc4)CC3)CC2)c(Cl)c1. The molecule has 3 aliphatic rings. The Bertz CT molecular complexity index is 1010. The standard InChI is InChI=1S/C28H37Cl2N5O/c29-23-8-6-21(7-9-23)20-33-12-10-25(11-13-33)34-14-16-35(17-15-34)27-26(30)18-22(19-31-27)28(36)32-24-4-2-1-3-5-24/h6-9,18-19,24-25H,1-5,10-17,20H2,(H,32,36). The molecule has 0 radical (unpaired) electrons. The van der Waals surface area contributed by atoms with Gasteiger partial charge >= 0.3 is 0 Å². The van der Waals surface area contributed by atoms with E-state index in [1.54, 1.807) is 12.3 Å². The second-order valence-electron chi connectivity index (χ2n) is 10.5. The van der Waals surface area contributed by atoms with Crippen molar-refractivity contribution in [3.05, 3.63) is 57.7 Å². The topological polar surface area (TPSA) is 51.7 Å². The van der Waals surface area contributed by atoms with E-state index in [0.29, 0.717) is 16.6 Å². The number of carbonyl (C=O) groups excluding carboxylic acids is 1. The first-order chi connectivity index (χ1) is 17.5. The second kappa shape index (κ2) is 12.1. The first-order valence-electron chi connectivity index (χ1n) is 13.5. The highest BCUT2D eigenvalue weighted by Gasteiger charge is 2.28. The van der Waals surface area contributed by atoms with Crippen LogP contribution >= 0.6 is 23.2 Å². The molecule has 1 amide bonds. The first kappa shape index (κ1) is 25.8. The van der Waals surface area contributed by atoms with Gasteiger partial charge in [0.1, 0.15) is 5.82 Å². The van der Waals surface area contributed by atoms with Crippen LogP contribution in [0.2, 0.25) is 10.0 Å². The number of likely N-dealkylation sites (tertiary alicyclic amines) is 1. The van der Waals surface area contributed by atoms with E-state index in [1.165, 1.54) is 37.7 Å². The van der Waals surface area contributed by atoms with Gasteiger partial charge in [0.2, 0.25) is 0 Å². The summed E-state index contributed by atoms with van der Waals surface area (Å²) in [7, 11) is 0. The summed E-state index contributed by atoms with van der Waals surface area (Å²) in [6, 6.07) is 10.9. The van der Waals surface area contributed by atoms with E-state index in [2.05, 4.69) is 37.1 Å². The Morgan fingerprint density at radius 2 is 1.61 bits per heavy atom. The summed E-state index contributed by atoms with van der Waals surface area (Å²) >= 11 is 12.6. The molecule has 2 aliphatic heterocycles. The fourth-order valence-electron chi connectivity index (χ4n) is 5.89. The Kier molecular flexibility index (Phi) is 8.68. The molecule has 0 atom stereocenters. The minimum Gasteiger partial charge on any atom is -0.353 e. The van der Waals surface area contributed by atoms with Crippen molar-refractivity contribution in [2.75, 3.05) is 44.2 Å². The third-order valence-corrected chi connectivity index (χ3v) is 8.56. The maximum Gasteiger partial charge on any atom is 0.253 e. The highest BCUT2D eigenvalue weighted by Crippen LogP contribution is 2.27. The van der Waals surface area contributed by atoms with Crippen LogP contribution in [-0.2, 0) is 6.54 Å². The van der Waals surface area contributed by atoms with Crippen molar-refractivity contribution < 1.29 is 4.79 Å². The van der Waals surface area contributed by atoms with Crippen LogP contribution in [0, 0.1) is 0 Å². The minimum atomic E-state index is -0.0601. The zero-order valence-electron chi connectivity index (χ0n) is 21.0. The molecule has 1 N–H and O–H groups in total. The number of piperidine rings is 1. The Hall–Kier alpha value is -1.86. The summed E-state index contributed by atoms with van der Waals surface area (Å²) in [5.41, 5.74) is 1.88. The molecule has 8 heteroatoms. The van der Waals surface area contributed by atoms with Gasteiger partial charge in [-0.3, -0.25) is 14.6 Å². The van der Waals surface area contributed by atoms with E-state index in [9.17, 15) is 4.79 Å². The molecule has 1 aromatic carbocycles. The van der Waals surface area contributed by atoms with Crippen LogP contribution in [0.4, 0.5) is 5.82 Å². The average Bonchev–Trinajstić information content (AvgIpc) is 2.91. The lowest BCUT2D eigenvalue weighted by molar-refractivity contribution is 0.0927. The molecular weight excluding hydrogens is 493 g/mol. The van der Waals surface area contributed by atoms with E-state index >= 15 is 0 Å². The fraction of sp³-hybridized carbons (Fsp3) is 0.571. The molecule has 1 aromatic heterocycles. The van der Waals surface area contributed by atoms with Gasteiger partial charge < -0.3 is 10.2 Å². The Morgan fingerprint density at radius 3 is 2.28 bits per heavy atom. The molecule has 194 valence electrons. The van der Waals surface area contributed by atoms with Gasteiger partial charge in [-0.25, -0.2) is 4.98 Å². The molecule has 3 fully saturated rings. The van der Waals surface area contributed by atoms with E-state index in [-0.39, 0.29) is 11.9 Å². The van der Waals surface area contributed by atoms with Crippen LogP contribution in [0.15, 0.2) is 36.5 Å². The number of nitrogens with one attached hydrogen (secondary N) is 1. The predicted octanol–water partition coefficient (Wildman–Crippen LogP) is 5.24. The number of hydrogen-bond donors (Lipinski definition) is 1. The number of piperazine rings is 1. The number of nitrogens with zero attached hydrogens (tertiary/aromatic N) is 4. The molecule has 0 unspecified atom stereocenters. The average molecular weight is 531 g/mol. The Labute approximate surface area is 224 Å². The molecule has 2 saturated heterocycles. The van der Waals surface area contributed by atoms with E-state index < -0.39 is 0 Å². The summed E-state index contributed by atoms with van der Waals surface area (Å²) < 4.78 is 0. The minimum absolute atomic E-state index is 0.0601. The van der Waals surface area contributed by atoms with Crippen LogP contribution < -0.4 is 10.2 Å². The number of halogens is 2. The van der Waals surface area contributed by atoms with Crippen LogP contribution in [0.25, 0.3) is 0 Å². The van der Waals surface area contributed by atoms with Gasteiger partial charge in [0.15, 0.2) is 0 Å². The Morgan fingerprint density at radius 1 is 0.917 bits per heavy atom. The maximum atomic E-state index is 12.7. The summed E-state index contributed by atoms with van der Waals surface area (Å²) in [5, 5.41) is 4.52. The quantitative estimate of drug-likeness (QED) is 0.554. The molecule has 0 bridgehead atoms. The molecule has 3 heterocycles. The van der Waals surface area contributed by atoms with Crippen molar-refractivity contribution in [2.45, 2.75) is 63.6 Å². The van der Waals surface area contributed by atoms with Crippen molar-refractivity contribution in [1.82, 2.24) is 20.1 Å². The van der Waals surface area contributed by atoms with E-state index in [1.807, 2.05) is 12.1 Å². The largest absolute Gasteiger partial charge is 0.353 e. The second-order valence-corrected chi connectivity index (χ2v) is 11.3. The number of hydrogen-bond acceptors (Lipinski definition) is 5. The number of aromatic nitrogens is 1. The molecule has 1 saturated carbocycles. The fourth-order valence-corrected chi connectivity index (χ4v) is 6.30. The predicted molar refractivity (Wildman–Crippen MR) is 147 cm³/mol. The molecule has 2 aromatic rings. The highest BCUT2D eigenvalue weighted by molar-refractivity contribution is 6.33. The van der Waals surface area contributed by atoms with Gasteiger partial charge in [0.25, 0.3) is 5.91 Å². The van der Waals surface area contributed by atoms with Crippen LogP contribution in [0.5, 0.6) is 0 Å². The van der Waals surface area contributed by atoms with Gasteiger partial charge in [-0.15, -0.1) is 0 Å². The highest BCUT2D eigenvalue weighted by atomic mass is 35.5. The molecular formula is C28H37Cl2N5O. The smallest absolute Gasteiger partial charge is 0.253 e. The van der Waals surface area contributed by atoms with Crippen molar-refractivity contribution in [3.8, 4) is 0 Å². The monoisotopic (exact) mass is 529 g/mol. The molecule has 6 nitrogen and oxygen atoms in total. The number of rotatable bonds is 6. The molecule has 0 spiro atoms. The number of benzene rings is 1. The zero-order chi connectivity index (χ0) is 24.9. The molecule has 5 rings (SSSR count). The van der Waals surface area contributed by atoms with Crippen molar-refractivity contribution in [3.63, 3.8) is 0 Å². The van der Waals surface area contributed by atoms with Crippen LogP contribution in [-0.4, -0.2) is 72.0 Å². The van der Waals surface area contributed by atoms with E-state index in [0.717, 1.165) is 69.5 Å². The van der Waals surface area contributed by atoms with Crippen LogP contribution in [0.1, 0.15) is 60.9 Å². The van der Waals surface area contributed by atoms with Crippen molar-refractivity contribution >= 4 is 34.9 Å². The number of anilines is 1. The summed E-state index contributed by atoms with van der Waals surface area (Å²) in [6.07, 6.45) is 9.88. The summed E-state index contributed by atoms with van der Waals surface area (Å²) in [6.45, 7) is 7.11. The lowest BCUT2D eigenvalue weighted by Gasteiger charge is -2.43. The van der Waals surface area contributed by atoms with Crippen molar-refractivity contribution in [2.24, 2.45) is 0 Å². The van der Waals surface area contributed by atoms with Crippen LogP contribution in [0.3, 0.4) is 0 Å². The van der Waals surface area contributed by atoms with Gasteiger partial charge in [0.05, 0.1) is 10.6 Å². The first-order valence-corrected chi connectivity index (χ1v) is 14.2. The van der Waals surface area contributed by atoms with E-state index in [4.69, 9.17) is 23.2 Å². The molecule has 1 aliphatic carbocycles.